The summed E-state index contributed by atoms with van der Waals surface area (Å²) >= 11 is 1.57. The number of carbonyl (C=O) groups is 2. The van der Waals surface area contributed by atoms with Crippen LogP contribution in [0.3, 0.4) is 0 Å². The Hall–Kier alpha value is -3.45. The van der Waals surface area contributed by atoms with Crippen LogP contribution in [-0.2, 0) is 11.3 Å². The number of hydrogen-bond acceptors (Lipinski definition) is 5. The van der Waals surface area contributed by atoms with Gasteiger partial charge in [0, 0.05) is 18.0 Å². The summed E-state index contributed by atoms with van der Waals surface area (Å²) in [5, 5.41) is 6.48. The number of aromatic nitrogens is 1. The first-order chi connectivity index (χ1) is 14.6. The maximum Gasteiger partial charge on any atom is 0.251 e. The Morgan fingerprint density at radius 3 is 2.60 bits per heavy atom. The lowest BCUT2D eigenvalue weighted by Gasteiger charge is -2.13. The van der Waals surface area contributed by atoms with Crippen LogP contribution in [0.5, 0.6) is 0 Å². The van der Waals surface area contributed by atoms with Gasteiger partial charge in [0.15, 0.2) is 10.8 Å². The predicted octanol–water partition coefficient (Wildman–Crippen LogP) is 4.38. The van der Waals surface area contributed by atoms with E-state index in [2.05, 4.69) is 15.6 Å². The van der Waals surface area contributed by atoms with Gasteiger partial charge in [0.1, 0.15) is 5.76 Å². The summed E-state index contributed by atoms with van der Waals surface area (Å²) in [4.78, 5) is 29.0. The summed E-state index contributed by atoms with van der Waals surface area (Å²) in [7, 11) is 0. The number of rotatable bonds is 7. The summed E-state index contributed by atoms with van der Waals surface area (Å²) < 4.78 is 6.94. The van der Waals surface area contributed by atoms with Crippen molar-refractivity contribution in [1.29, 1.82) is 0 Å². The molecule has 2 heterocycles. The third-order valence-corrected chi connectivity index (χ3v) is 5.58. The summed E-state index contributed by atoms with van der Waals surface area (Å²) in [6, 6.07) is 20.3. The Morgan fingerprint density at radius 2 is 1.80 bits per heavy atom. The van der Waals surface area contributed by atoms with E-state index in [-0.39, 0.29) is 30.8 Å². The molecule has 0 saturated carbocycles. The van der Waals surface area contributed by atoms with Crippen LogP contribution in [0, 0.1) is 0 Å². The largest absolute Gasteiger partial charge is 0.457 e. The highest BCUT2D eigenvalue weighted by molar-refractivity contribution is 7.21. The lowest BCUT2D eigenvalue weighted by molar-refractivity contribution is -0.121. The van der Waals surface area contributed by atoms with Crippen molar-refractivity contribution >= 4 is 33.4 Å². The van der Waals surface area contributed by atoms with Crippen LogP contribution in [0.25, 0.3) is 21.0 Å². The number of nitrogens with zero attached hydrogens (tertiary/aromatic N) is 1. The zero-order chi connectivity index (χ0) is 20.9. The molecule has 0 aliphatic carbocycles. The number of nitrogens with one attached hydrogen (secondary N) is 2. The Bertz CT molecular complexity index is 1130. The molecular formula is C23H21N3O3S. The van der Waals surface area contributed by atoms with Gasteiger partial charge in [0.05, 0.1) is 16.8 Å². The molecule has 0 radical (unpaired) electrons. The van der Waals surface area contributed by atoms with Crippen molar-refractivity contribution in [2.75, 3.05) is 0 Å². The van der Waals surface area contributed by atoms with E-state index < -0.39 is 0 Å². The smallest absolute Gasteiger partial charge is 0.251 e. The minimum absolute atomic E-state index is 0.159. The van der Waals surface area contributed by atoms with Crippen molar-refractivity contribution in [1.82, 2.24) is 15.6 Å². The second-order valence-corrected chi connectivity index (χ2v) is 8.00. The summed E-state index contributed by atoms with van der Waals surface area (Å²) in [6.45, 7) is 2.08. The van der Waals surface area contributed by atoms with E-state index in [9.17, 15) is 9.59 Å². The van der Waals surface area contributed by atoms with Gasteiger partial charge in [-0.05, 0) is 43.3 Å². The number of fused-ring (bicyclic) bond motifs is 1. The Morgan fingerprint density at radius 1 is 1.03 bits per heavy atom. The number of thiazole rings is 1. The minimum Gasteiger partial charge on any atom is -0.457 e. The molecule has 0 saturated heterocycles. The van der Waals surface area contributed by atoms with Crippen LogP contribution in [0.4, 0.5) is 0 Å². The van der Waals surface area contributed by atoms with Gasteiger partial charge in [-0.1, -0.05) is 30.3 Å². The van der Waals surface area contributed by atoms with Gasteiger partial charge in [-0.25, -0.2) is 4.98 Å². The molecule has 1 unspecified atom stereocenters. The van der Waals surface area contributed by atoms with Crippen LogP contribution in [0.15, 0.2) is 71.1 Å². The number of furan rings is 1. The normalized spacial score (nSPS) is 11.9. The quantitative estimate of drug-likeness (QED) is 0.466. The van der Waals surface area contributed by atoms with Crippen molar-refractivity contribution in [2.45, 2.75) is 25.9 Å². The van der Waals surface area contributed by atoms with E-state index >= 15 is 0 Å². The van der Waals surface area contributed by atoms with E-state index in [1.54, 1.807) is 42.5 Å². The van der Waals surface area contributed by atoms with Crippen LogP contribution < -0.4 is 10.6 Å². The van der Waals surface area contributed by atoms with E-state index in [1.165, 1.54) is 0 Å². The number of amides is 2. The van der Waals surface area contributed by atoms with E-state index in [0.717, 1.165) is 15.2 Å². The SMILES string of the molecule is CC(CC(=O)NCc1ccc(-c2nc3ccccc3s2)o1)NC(=O)c1ccccc1. The Labute approximate surface area is 177 Å². The number of carbonyl (C=O) groups excluding carboxylic acids is 2. The van der Waals surface area contributed by atoms with Gasteiger partial charge in [0.2, 0.25) is 5.91 Å². The molecule has 0 aliphatic rings. The van der Waals surface area contributed by atoms with Crippen LogP contribution in [-0.4, -0.2) is 22.8 Å². The molecule has 4 rings (SSSR count). The fourth-order valence-corrected chi connectivity index (χ4v) is 3.98. The van der Waals surface area contributed by atoms with Gasteiger partial charge in [-0.15, -0.1) is 11.3 Å². The van der Waals surface area contributed by atoms with E-state index in [0.29, 0.717) is 17.1 Å². The van der Waals surface area contributed by atoms with E-state index in [1.807, 2.05) is 42.5 Å². The van der Waals surface area contributed by atoms with Gasteiger partial charge in [-0.3, -0.25) is 9.59 Å². The van der Waals surface area contributed by atoms with Crippen molar-refractivity contribution in [3.8, 4) is 10.8 Å². The molecule has 0 aliphatic heterocycles. The maximum atomic E-state index is 12.2. The van der Waals surface area contributed by atoms with Gasteiger partial charge in [0.25, 0.3) is 5.91 Å². The van der Waals surface area contributed by atoms with Crippen LogP contribution >= 0.6 is 11.3 Å². The number of benzene rings is 2. The summed E-state index contributed by atoms with van der Waals surface area (Å²) in [5.41, 5.74) is 1.51. The molecule has 30 heavy (non-hydrogen) atoms. The predicted molar refractivity (Wildman–Crippen MR) is 117 cm³/mol. The fourth-order valence-electron chi connectivity index (χ4n) is 3.05. The molecule has 152 valence electrons. The third kappa shape index (κ3) is 4.75. The lowest BCUT2D eigenvalue weighted by atomic mass is 10.1. The van der Waals surface area contributed by atoms with Crippen LogP contribution in [0.1, 0.15) is 29.5 Å². The lowest BCUT2D eigenvalue weighted by Crippen LogP contribution is -2.37. The zero-order valence-electron chi connectivity index (χ0n) is 16.4. The molecule has 6 nitrogen and oxygen atoms in total. The topological polar surface area (TPSA) is 84.2 Å². The molecule has 0 spiro atoms. The minimum atomic E-state index is -0.285. The van der Waals surface area contributed by atoms with E-state index in [4.69, 9.17) is 4.42 Å². The molecule has 1 atom stereocenters. The maximum absolute atomic E-state index is 12.2. The molecule has 0 fully saturated rings. The van der Waals surface area contributed by atoms with Gasteiger partial charge in [-0.2, -0.15) is 0 Å². The van der Waals surface area contributed by atoms with Crippen molar-refractivity contribution in [3.63, 3.8) is 0 Å². The number of hydrogen-bond donors (Lipinski definition) is 2. The molecule has 2 amide bonds. The molecule has 2 aromatic heterocycles. The van der Waals surface area contributed by atoms with Crippen molar-refractivity contribution < 1.29 is 14.0 Å². The first kappa shape index (κ1) is 19.8. The molecule has 0 bridgehead atoms. The highest BCUT2D eigenvalue weighted by Gasteiger charge is 2.14. The Balaban J connectivity index is 1.28. The molecule has 4 aromatic rings. The molecule has 7 heteroatoms. The monoisotopic (exact) mass is 419 g/mol. The standard InChI is InChI=1S/C23H21N3O3S/c1-15(25-22(28)16-7-3-2-4-8-16)13-21(27)24-14-17-11-12-19(29-17)23-26-18-9-5-6-10-20(18)30-23/h2-12,15H,13-14H2,1H3,(H,24,27)(H,25,28). The average molecular weight is 420 g/mol. The second kappa shape index (κ2) is 8.92. The molecular weight excluding hydrogens is 398 g/mol. The highest BCUT2D eigenvalue weighted by Crippen LogP contribution is 2.31. The van der Waals surface area contributed by atoms with Gasteiger partial charge >= 0.3 is 0 Å². The third-order valence-electron chi connectivity index (χ3n) is 4.53. The Kier molecular flexibility index (Phi) is 5.90. The van der Waals surface area contributed by atoms with Crippen molar-refractivity contribution in [2.24, 2.45) is 0 Å². The highest BCUT2D eigenvalue weighted by atomic mass is 32.1. The zero-order valence-corrected chi connectivity index (χ0v) is 17.2. The first-order valence-electron chi connectivity index (χ1n) is 9.66. The second-order valence-electron chi connectivity index (χ2n) is 6.97. The average Bonchev–Trinajstić information content (AvgIpc) is 3.39. The summed E-state index contributed by atoms with van der Waals surface area (Å²) in [5.74, 6) is 0.985. The van der Waals surface area contributed by atoms with Gasteiger partial charge < -0.3 is 15.1 Å². The van der Waals surface area contributed by atoms with Crippen molar-refractivity contribution in [3.05, 3.63) is 78.1 Å². The number of para-hydroxylation sites is 1. The summed E-state index contributed by atoms with van der Waals surface area (Å²) in [6.07, 6.45) is 0.185. The fraction of sp³-hybridized carbons (Fsp3) is 0.174. The molecule has 2 aromatic carbocycles. The van der Waals surface area contributed by atoms with Crippen LogP contribution in [0.2, 0.25) is 0 Å². The molecule has 2 N–H and O–H groups in total. The first-order valence-corrected chi connectivity index (χ1v) is 10.5.